The zero-order chi connectivity index (χ0) is 12.0. The van der Waals surface area contributed by atoms with Crippen molar-refractivity contribution in [1.82, 2.24) is 5.32 Å². The summed E-state index contributed by atoms with van der Waals surface area (Å²) in [7, 11) is 0. The molecular formula is C13H21ClN2O. The normalized spacial score (nSPS) is 11.5. The van der Waals surface area contributed by atoms with E-state index in [0.29, 0.717) is 13.0 Å². The zero-order valence-electron chi connectivity index (χ0n) is 10.4. The molecule has 1 aromatic rings. The number of carbonyl (C=O) groups is 1. The van der Waals surface area contributed by atoms with Gasteiger partial charge in [-0.2, -0.15) is 0 Å². The minimum atomic E-state index is -0.0709. The van der Waals surface area contributed by atoms with Gasteiger partial charge in [0.1, 0.15) is 0 Å². The highest BCUT2D eigenvalue weighted by Crippen LogP contribution is 2.06. The first-order valence-electron chi connectivity index (χ1n) is 5.66. The summed E-state index contributed by atoms with van der Waals surface area (Å²) in [6.45, 7) is 4.59. The van der Waals surface area contributed by atoms with Crippen LogP contribution in [-0.2, 0) is 11.2 Å². The quantitative estimate of drug-likeness (QED) is 0.844. The lowest BCUT2D eigenvalue weighted by Crippen LogP contribution is -2.31. The first kappa shape index (κ1) is 15.9. The van der Waals surface area contributed by atoms with Crippen molar-refractivity contribution in [1.29, 1.82) is 0 Å². The topological polar surface area (TPSA) is 55.1 Å². The molecule has 1 atom stereocenters. The lowest BCUT2D eigenvalue weighted by atomic mass is 10.1. The summed E-state index contributed by atoms with van der Waals surface area (Å²) in [6, 6.07) is 8.14. The average molecular weight is 257 g/mol. The Hall–Kier alpha value is -1.06. The highest BCUT2D eigenvalue weighted by molar-refractivity contribution is 5.85. The highest BCUT2D eigenvalue weighted by Gasteiger charge is 2.04. The Balaban J connectivity index is 0.00000256. The number of hydrogen-bond acceptors (Lipinski definition) is 2. The van der Waals surface area contributed by atoms with Gasteiger partial charge in [0, 0.05) is 19.0 Å². The molecule has 1 amide bonds. The maximum Gasteiger partial charge on any atom is 0.221 e. The molecule has 0 fully saturated rings. The number of halogens is 1. The number of hydrogen-bond donors (Lipinski definition) is 2. The van der Waals surface area contributed by atoms with Gasteiger partial charge in [-0.1, -0.05) is 24.3 Å². The minimum Gasteiger partial charge on any atom is -0.356 e. The van der Waals surface area contributed by atoms with Gasteiger partial charge in [0.15, 0.2) is 0 Å². The summed E-state index contributed by atoms with van der Waals surface area (Å²) in [5.41, 5.74) is 8.09. The molecule has 0 aromatic heterocycles. The molecular weight excluding hydrogens is 236 g/mol. The summed E-state index contributed by atoms with van der Waals surface area (Å²) in [6.07, 6.45) is 1.27. The van der Waals surface area contributed by atoms with Crippen molar-refractivity contribution < 1.29 is 4.79 Å². The summed E-state index contributed by atoms with van der Waals surface area (Å²) in [5.74, 6) is 0.0311. The van der Waals surface area contributed by atoms with E-state index in [1.165, 1.54) is 11.1 Å². The molecule has 0 aliphatic heterocycles. The van der Waals surface area contributed by atoms with Crippen molar-refractivity contribution >= 4 is 18.3 Å². The molecule has 0 saturated heterocycles. The molecule has 1 unspecified atom stereocenters. The van der Waals surface area contributed by atoms with E-state index >= 15 is 0 Å². The molecule has 1 aromatic carbocycles. The van der Waals surface area contributed by atoms with E-state index < -0.39 is 0 Å². The first-order chi connectivity index (χ1) is 7.59. The monoisotopic (exact) mass is 256 g/mol. The van der Waals surface area contributed by atoms with Crippen LogP contribution in [0.5, 0.6) is 0 Å². The van der Waals surface area contributed by atoms with Crippen LogP contribution in [0.25, 0.3) is 0 Å². The summed E-state index contributed by atoms with van der Waals surface area (Å²) >= 11 is 0. The van der Waals surface area contributed by atoms with E-state index in [4.69, 9.17) is 5.73 Å². The standard InChI is InChI=1S/C13H20N2O.ClH/c1-10-5-3-4-6-12(10)7-8-15-13(16)9-11(2)14;/h3-6,11H,7-9,14H2,1-2H3,(H,15,16);1H. The van der Waals surface area contributed by atoms with E-state index in [0.717, 1.165) is 6.42 Å². The molecule has 3 N–H and O–H groups in total. The lowest BCUT2D eigenvalue weighted by Gasteiger charge is -2.08. The van der Waals surface area contributed by atoms with E-state index in [-0.39, 0.29) is 24.4 Å². The molecule has 0 heterocycles. The van der Waals surface area contributed by atoms with Crippen LogP contribution in [0.4, 0.5) is 0 Å². The van der Waals surface area contributed by atoms with Crippen molar-refractivity contribution in [3.63, 3.8) is 0 Å². The predicted octanol–water partition coefficient (Wildman–Crippen LogP) is 1.81. The van der Waals surface area contributed by atoms with Crippen LogP contribution in [0, 0.1) is 6.92 Å². The van der Waals surface area contributed by atoms with Gasteiger partial charge in [-0.25, -0.2) is 0 Å². The van der Waals surface area contributed by atoms with Crippen LogP contribution in [0.15, 0.2) is 24.3 Å². The Morgan fingerprint density at radius 3 is 2.65 bits per heavy atom. The average Bonchev–Trinajstić information content (AvgIpc) is 2.19. The summed E-state index contributed by atoms with van der Waals surface area (Å²) in [5, 5.41) is 2.87. The van der Waals surface area contributed by atoms with Crippen LogP contribution in [0.2, 0.25) is 0 Å². The lowest BCUT2D eigenvalue weighted by molar-refractivity contribution is -0.121. The van der Waals surface area contributed by atoms with Gasteiger partial charge in [0.2, 0.25) is 5.91 Å². The molecule has 0 saturated carbocycles. The van der Waals surface area contributed by atoms with Gasteiger partial charge in [0.25, 0.3) is 0 Å². The van der Waals surface area contributed by atoms with Gasteiger partial charge < -0.3 is 11.1 Å². The number of rotatable bonds is 5. The van der Waals surface area contributed by atoms with Crippen molar-refractivity contribution in [2.24, 2.45) is 5.73 Å². The zero-order valence-corrected chi connectivity index (χ0v) is 11.2. The number of nitrogens with one attached hydrogen (secondary N) is 1. The van der Waals surface area contributed by atoms with Gasteiger partial charge in [-0.05, 0) is 31.4 Å². The van der Waals surface area contributed by atoms with Gasteiger partial charge in [0.05, 0.1) is 0 Å². The maximum atomic E-state index is 11.3. The summed E-state index contributed by atoms with van der Waals surface area (Å²) in [4.78, 5) is 11.3. The number of carbonyl (C=O) groups excluding carboxylic acids is 1. The Labute approximate surface area is 109 Å². The molecule has 0 bridgehead atoms. The van der Waals surface area contributed by atoms with Crippen LogP contribution < -0.4 is 11.1 Å². The molecule has 0 radical (unpaired) electrons. The third-order valence-electron chi connectivity index (χ3n) is 2.49. The van der Waals surface area contributed by atoms with Crippen LogP contribution >= 0.6 is 12.4 Å². The number of amides is 1. The maximum absolute atomic E-state index is 11.3. The molecule has 3 nitrogen and oxygen atoms in total. The Bertz CT molecular complexity index is 353. The molecule has 17 heavy (non-hydrogen) atoms. The largest absolute Gasteiger partial charge is 0.356 e. The fourth-order valence-corrected chi connectivity index (χ4v) is 1.59. The van der Waals surface area contributed by atoms with E-state index in [1.54, 1.807) is 0 Å². The van der Waals surface area contributed by atoms with Crippen molar-refractivity contribution in [2.45, 2.75) is 32.7 Å². The van der Waals surface area contributed by atoms with E-state index in [1.807, 2.05) is 19.1 Å². The third kappa shape index (κ3) is 6.29. The third-order valence-corrected chi connectivity index (χ3v) is 2.49. The molecule has 96 valence electrons. The van der Waals surface area contributed by atoms with Gasteiger partial charge in [-0.15, -0.1) is 12.4 Å². The number of benzene rings is 1. The molecule has 0 aliphatic carbocycles. The second-order valence-corrected chi connectivity index (χ2v) is 4.21. The Morgan fingerprint density at radius 1 is 1.41 bits per heavy atom. The minimum absolute atomic E-state index is 0. The van der Waals surface area contributed by atoms with Crippen molar-refractivity contribution in [2.75, 3.05) is 6.54 Å². The second-order valence-electron chi connectivity index (χ2n) is 4.21. The number of aryl methyl sites for hydroxylation is 1. The molecule has 0 aliphatic rings. The van der Waals surface area contributed by atoms with E-state index in [9.17, 15) is 4.79 Å². The van der Waals surface area contributed by atoms with Gasteiger partial charge >= 0.3 is 0 Å². The Kier molecular flexibility index (Phi) is 7.59. The SMILES string of the molecule is Cc1ccccc1CCNC(=O)CC(C)N.Cl. The molecule has 0 spiro atoms. The van der Waals surface area contributed by atoms with Crippen molar-refractivity contribution in [3.8, 4) is 0 Å². The fraction of sp³-hybridized carbons (Fsp3) is 0.462. The predicted molar refractivity (Wildman–Crippen MR) is 73.4 cm³/mol. The smallest absolute Gasteiger partial charge is 0.221 e. The van der Waals surface area contributed by atoms with Crippen LogP contribution in [0.1, 0.15) is 24.5 Å². The van der Waals surface area contributed by atoms with E-state index in [2.05, 4.69) is 24.4 Å². The summed E-state index contributed by atoms with van der Waals surface area (Å²) < 4.78 is 0. The second kappa shape index (κ2) is 8.09. The van der Waals surface area contributed by atoms with Crippen LogP contribution in [-0.4, -0.2) is 18.5 Å². The Morgan fingerprint density at radius 2 is 2.06 bits per heavy atom. The number of nitrogens with two attached hydrogens (primary N) is 1. The van der Waals surface area contributed by atoms with Crippen molar-refractivity contribution in [3.05, 3.63) is 35.4 Å². The fourth-order valence-electron chi connectivity index (χ4n) is 1.59. The molecule has 4 heteroatoms. The first-order valence-corrected chi connectivity index (χ1v) is 5.66. The highest BCUT2D eigenvalue weighted by atomic mass is 35.5. The molecule has 1 rings (SSSR count). The van der Waals surface area contributed by atoms with Crippen LogP contribution in [0.3, 0.4) is 0 Å². The van der Waals surface area contributed by atoms with Gasteiger partial charge in [-0.3, -0.25) is 4.79 Å².